The number of nitrogens with two attached hydrogens (primary N) is 1. The number of aliphatic imine (C=N–C) groups is 1. The summed E-state index contributed by atoms with van der Waals surface area (Å²) in [6, 6.07) is 0. The van der Waals surface area contributed by atoms with Crippen LogP contribution in [0.3, 0.4) is 0 Å². The molecule has 2 N–H and O–H groups in total. The van der Waals surface area contributed by atoms with Crippen LogP contribution in [0.2, 0.25) is 0 Å². The molecule has 4 heteroatoms. The minimum absolute atomic E-state index is 0. The van der Waals surface area contributed by atoms with Gasteiger partial charge in [0.2, 0.25) is 0 Å². The predicted molar refractivity (Wildman–Crippen MR) is 29.0 cm³/mol. The van der Waals surface area contributed by atoms with E-state index in [1.54, 1.807) is 5.32 Å². The van der Waals surface area contributed by atoms with Crippen molar-refractivity contribution in [2.45, 2.75) is 6.92 Å². The Morgan fingerprint density at radius 3 is 2.50 bits per heavy atom. The fourth-order valence-electron chi connectivity index (χ4n) is 0.432. The molecule has 0 amide bonds. The molecule has 1 rings (SSSR count). The van der Waals surface area contributed by atoms with Crippen LogP contribution in [0.4, 0.5) is 0 Å². The van der Waals surface area contributed by atoms with E-state index >= 15 is 0 Å². The normalized spacial score (nSPS) is 16.8. The van der Waals surface area contributed by atoms with Crippen LogP contribution in [-0.2, 0) is 0 Å². The zero-order chi connectivity index (χ0) is 5.28. The van der Waals surface area contributed by atoms with E-state index in [9.17, 15) is 0 Å². The molecule has 2 nitrogen and oxygen atoms in total. The summed E-state index contributed by atoms with van der Waals surface area (Å²) in [6.45, 7) is 1.91. The fourth-order valence-corrected chi connectivity index (χ4v) is 0.629. The van der Waals surface area contributed by atoms with Crippen LogP contribution in [0, 0.1) is 0 Å². The second-order valence-corrected chi connectivity index (χ2v) is 1.80. The minimum atomic E-state index is 0. The predicted octanol–water partition coefficient (Wildman–Crippen LogP) is -2.98. The first kappa shape index (κ1) is 7.95. The Bertz CT molecular complexity index is 139. The number of halogens is 2. The van der Waals surface area contributed by atoms with Gasteiger partial charge in [-0.2, -0.15) is 4.99 Å². The van der Waals surface area contributed by atoms with Crippen molar-refractivity contribution < 1.29 is 17.7 Å². The molecule has 0 spiro atoms. The molecule has 1 heterocycles. The van der Waals surface area contributed by atoms with Crippen molar-refractivity contribution >= 4 is 16.9 Å². The van der Waals surface area contributed by atoms with Gasteiger partial charge in [-0.25, -0.2) is 0 Å². The average Bonchev–Trinajstić information content (AvgIpc) is 1.87. The summed E-state index contributed by atoms with van der Waals surface area (Å²) >= 11 is 5.45. The number of hydrogen-bond acceptors (Lipinski definition) is 1. The van der Waals surface area contributed by atoms with Gasteiger partial charge < -0.3 is 12.4 Å². The lowest BCUT2D eigenvalue weighted by atomic mass is 10.6. The van der Waals surface area contributed by atoms with Gasteiger partial charge in [0.15, 0.2) is 0 Å². The molecule has 8 heavy (non-hydrogen) atoms. The molecule has 0 fully saturated rings. The number of quaternary nitrogens is 1. The van der Waals surface area contributed by atoms with Crippen LogP contribution in [-0.4, -0.2) is 5.29 Å². The number of amidine groups is 1. The SMILES string of the molecule is CC1=C[NH2+]C(Cl)=N1.[Cl-]. The molecule has 0 bridgehead atoms. The molecule has 1 aliphatic heterocycles. The van der Waals surface area contributed by atoms with Crippen LogP contribution in [0.1, 0.15) is 6.92 Å². The molecular formula is C4H6Cl2N2. The molecule has 1 aliphatic rings. The molecule has 0 aromatic rings. The van der Waals surface area contributed by atoms with Gasteiger partial charge in [-0.1, -0.05) is 0 Å². The maximum atomic E-state index is 5.45. The van der Waals surface area contributed by atoms with Gasteiger partial charge >= 0.3 is 5.29 Å². The number of nitrogens with zero attached hydrogens (tertiary/aromatic N) is 1. The van der Waals surface area contributed by atoms with Gasteiger partial charge in [0, 0.05) is 11.6 Å². The lowest BCUT2D eigenvalue weighted by Gasteiger charge is -1.71. The first-order valence-corrected chi connectivity index (χ1v) is 2.42. The lowest BCUT2D eigenvalue weighted by Crippen LogP contribution is -3.00. The number of hydrogen-bond donors (Lipinski definition) is 1. The van der Waals surface area contributed by atoms with E-state index in [1.165, 1.54) is 0 Å². The highest BCUT2D eigenvalue weighted by molar-refractivity contribution is 6.62. The van der Waals surface area contributed by atoms with E-state index in [4.69, 9.17) is 11.6 Å². The largest absolute Gasteiger partial charge is 1.00 e. The first-order valence-electron chi connectivity index (χ1n) is 2.05. The second-order valence-electron chi connectivity index (χ2n) is 1.41. The smallest absolute Gasteiger partial charge is 0.301 e. The third kappa shape index (κ3) is 1.82. The molecule has 0 saturated carbocycles. The standard InChI is InChI=1S/C4H5ClN2.ClH/c1-3-2-6-4(5)7-3;/h2H,1H3,(H,6,7);1H. The summed E-state index contributed by atoms with van der Waals surface area (Å²) in [5, 5.41) is 2.36. The molecular weight excluding hydrogens is 147 g/mol. The first-order chi connectivity index (χ1) is 3.29. The van der Waals surface area contributed by atoms with Gasteiger partial charge in [-0.15, -0.1) is 0 Å². The summed E-state index contributed by atoms with van der Waals surface area (Å²) in [5.74, 6) is 0. The van der Waals surface area contributed by atoms with E-state index in [0.717, 1.165) is 5.70 Å². The Balaban J connectivity index is 0.000000490. The maximum absolute atomic E-state index is 5.45. The van der Waals surface area contributed by atoms with Crippen LogP contribution in [0.15, 0.2) is 16.9 Å². The van der Waals surface area contributed by atoms with Crippen LogP contribution in [0.5, 0.6) is 0 Å². The minimum Gasteiger partial charge on any atom is -1.00 e. The third-order valence-corrected chi connectivity index (χ3v) is 0.956. The van der Waals surface area contributed by atoms with E-state index in [2.05, 4.69) is 4.99 Å². The van der Waals surface area contributed by atoms with Crippen molar-refractivity contribution in [3.8, 4) is 0 Å². The summed E-state index contributed by atoms with van der Waals surface area (Å²) in [4.78, 5) is 3.88. The number of rotatable bonds is 0. The van der Waals surface area contributed by atoms with Crippen LogP contribution >= 0.6 is 11.6 Å². The highest BCUT2D eigenvalue weighted by Crippen LogP contribution is 1.94. The Hall–Kier alpha value is -0.0500. The Kier molecular flexibility index (Phi) is 3.05. The van der Waals surface area contributed by atoms with Crippen molar-refractivity contribution in [1.82, 2.24) is 0 Å². The van der Waals surface area contributed by atoms with E-state index in [-0.39, 0.29) is 12.4 Å². The summed E-state index contributed by atoms with van der Waals surface area (Å²) in [6.07, 6.45) is 1.88. The average molecular weight is 153 g/mol. The molecule has 0 unspecified atom stereocenters. The van der Waals surface area contributed by atoms with Gasteiger partial charge in [0.05, 0.1) is 5.70 Å². The van der Waals surface area contributed by atoms with Crippen molar-refractivity contribution in [3.63, 3.8) is 0 Å². The monoisotopic (exact) mass is 152 g/mol. The van der Waals surface area contributed by atoms with E-state index in [1.807, 2.05) is 13.1 Å². The summed E-state index contributed by atoms with van der Waals surface area (Å²) < 4.78 is 0. The zero-order valence-corrected chi connectivity index (χ0v) is 5.87. The van der Waals surface area contributed by atoms with Crippen molar-refractivity contribution in [3.05, 3.63) is 11.9 Å². The molecule has 0 saturated heterocycles. The summed E-state index contributed by atoms with van der Waals surface area (Å²) in [5.41, 5.74) is 0.977. The highest BCUT2D eigenvalue weighted by atomic mass is 35.5. The van der Waals surface area contributed by atoms with E-state index < -0.39 is 0 Å². The fraction of sp³-hybridized carbons (Fsp3) is 0.250. The lowest BCUT2D eigenvalue weighted by molar-refractivity contribution is -0.452. The number of allylic oxidation sites excluding steroid dienone is 1. The molecule has 0 aromatic heterocycles. The second kappa shape index (κ2) is 3.07. The summed E-state index contributed by atoms with van der Waals surface area (Å²) in [7, 11) is 0. The Morgan fingerprint density at radius 2 is 2.38 bits per heavy atom. The molecule has 0 atom stereocenters. The van der Waals surface area contributed by atoms with E-state index in [0.29, 0.717) is 5.29 Å². The quantitative estimate of drug-likeness (QED) is 0.360. The maximum Gasteiger partial charge on any atom is 0.301 e. The van der Waals surface area contributed by atoms with Crippen LogP contribution in [0.25, 0.3) is 0 Å². The highest BCUT2D eigenvalue weighted by Gasteiger charge is 2.03. The van der Waals surface area contributed by atoms with Crippen molar-refractivity contribution in [1.29, 1.82) is 0 Å². The molecule has 0 aromatic carbocycles. The topological polar surface area (TPSA) is 29.0 Å². The molecule has 0 aliphatic carbocycles. The van der Waals surface area contributed by atoms with Crippen molar-refractivity contribution in [2.24, 2.45) is 4.99 Å². The van der Waals surface area contributed by atoms with Gasteiger partial charge in [0.25, 0.3) is 0 Å². The Morgan fingerprint density at radius 1 is 1.75 bits per heavy atom. The van der Waals surface area contributed by atoms with Crippen molar-refractivity contribution in [2.75, 3.05) is 0 Å². The van der Waals surface area contributed by atoms with Gasteiger partial charge in [0.1, 0.15) is 6.20 Å². The Labute approximate surface area is 59.0 Å². The molecule has 0 radical (unpaired) electrons. The third-order valence-electron chi connectivity index (χ3n) is 0.745. The van der Waals surface area contributed by atoms with Gasteiger partial charge in [-0.3, -0.25) is 5.32 Å². The van der Waals surface area contributed by atoms with Gasteiger partial charge in [-0.05, 0) is 6.92 Å². The van der Waals surface area contributed by atoms with Crippen LogP contribution < -0.4 is 17.7 Å². The molecule has 46 valence electrons. The zero-order valence-electron chi connectivity index (χ0n) is 4.36.